The molecule has 0 aliphatic heterocycles. The second kappa shape index (κ2) is 7.20. The van der Waals surface area contributed by atoms with Crippen LogP contribution >= 0.6 is 23.2 Å². The number of aromatic nitrogens is 2. The van der Waals surface area contributed by atoms with Crippen molar-refractivity contribution >= 4 is 57.2 Å². The van der Waals surface area contributed by atoms with Crippen molar-refractivity contribution in [2.45, 2.75) is 0 Å². The third-order valence-corrected chi connectivity index (χ3v) is 4.29. The molecule has 0 atom stereocenters. The Morgan fingerprint density at radius 2 is 0.923 bits per heavy atom. The monoisotopic (exact) mass is 380 g/mol. The third kappa shape index (κ3) is 3.72. The quantitative estimate of drug-likeness (QED) is 0.428. The van der Waals surface area contributed by atoms with Gasteiger partial charge in [0.15, 0.2) is 11.6 Å². The highest BCUT2D eigenvalue weighted by molar-refractivity contribution is 6.30. The van der Waals surface area contributed by atoms with Crippen LogP contribution in [0.4, 0.5) is 23.0 Å². The number of benzene rings is 3. The van der Waals surface area contributed by atoms with E-state index in [4.69, 9.17) is 33.2 Å². The molecule has 0 unspecified atom stereocenters. The van der Waals surface area contributed by atoms with Gasteiger partial charge in [-0.05, 0) is 60.7 Å². The molecule has 0 spiro atoms. The molecule has 1 heterocycles. The molecular weight excluding hydrogens is 367 g/mol. The highest BCUT2D eigenvalue weighted by Gasteiger charge is 2.10. The predicted molar refractivity (Wildman–Crippen MR) is 109 cm³/mol. The number of anilines is 4. The van der Waals surface area contributed by atoms with E-state index in [1.165, 1.54) is 0 Å². The minimum Gasteiger partial charge on any atom is -0.337 e. The Bertz CT molecular complexity index is 962. The van der Waals surface area contributed by atoms with E-state index in [9.17, 15) is 0 Å². The molecule has 0 aliphatic rings. The summed E-state index contributed by atoms with van der Waals surface area (Å²) >= 11 is 11.9. The van der Waals surface area contributed by atoms with E-state index < -0.39 is 0 Å². The number of halogens is 2. The molecule has 26 heavy (non-hydrogen) atoms. The van der Waals surface area contributed by atoms with Crippen LogP contribution in [-0.4, -0.2) is 9.97 Å². The van der Waals surface area contributed by atoms with E-state index in [2.05, 4.69) is 10.6 Å². The molecule has 3 aromatic carbocycles. The van der Waals surface area contributed by atoms with E-state index in [0.29, 0.717) is 21.7 Å². The molecule has 0 amide bonds. The van der Waals surface area contributed by atoms with Gasteiger partial charge >= 0.3 is 0 Å². The average Bonchev–Trinajstić information content (AvgIpc) is 2.66. The smallest absolute Gasteiger partial charge is 0.174 e. The Labute approximate surface area is 160 Å². The fraction of sp³-hybridized carbons (Fsp3) is 0. The van der Waals surface area contributed by atoms with Gasteiger partial charge < -0.3 is 10.6 Å². The highest BCUT2D eigenvalue weighted by Crippen LogP contribution is 2.28. The number of rotatable bonds is 4. The van der Waals surface area contributed by atoms with E-state index >= 15 is 0 Å². The molecule has 0 aliphatic carbocycles. The van der Waals surface area contributed by atoms with Crippen LogP contribution in [0, 0.1) is 0 Å². The maximum absolute atomic E-state index is 5.97. The number of nitrogens with one attached hydrogen (secondary N) is 2. The molecule has 4 rings (SSSR count). The molecule has 0 fully saturated rings. The van der Waals surface area contributed by atoms with Crippen LogP contribution in [0.1, 0.15) is 0 Å². The summed E-state index contributed by atoms with van der Waals surface area (Å²) in [5.74, 6) is 1.25. The van der Waals surface area contributed by atoms with E-state index in [0.717, 1.165) is 22.4 Å². The number of para-hydroxylation sites is 2. The zero-order valence-corrected chi connectivity index (χ0v) is 15.1. The Morgan fingerprint density at radius 3 is 1.31 bits per heavy atom. The Kier molecular flexibility index (Phi) is 4.61. The van der Waals surface area contributed by atoms with Gasteiger partial charge in [0.1, 0.15) is 0 Å². The Hall–Kier alpha value is -2.82. The molecular formula is C20H14Cl2N4. The lowest BCUT2D eigenvalue weighted by Crippen LogP contribution is -2.03. The minimum atomic E-state index is 0.626. The summed E-state index contributed by atoms with van der Waals surface area (Å²) in [6.07, 6.45) is 0. The summed E-state index contributed by atoms with van der Waals surface area (Å²) in [5.41, 5.74) is 3.37. The van der Waals surface area contributed by atoms with Crippen molar-refractivity contribution in [2.24, 2.45) is 0 Å². The molecule has 1 aromatic heterocycles. The molecule has 0 saturated carbocycles. The van der Waals surface area contributed by atoms with E-state index in [-0.39, 0.29) is 0 Å². The molecule has 4 nitrogen and oxygen atoms in total. The van der Waals surface area contributed by atoms with Gasteiger partial charge in [-0.25, -0.2) is 9.97 Å². The Morgan fingerprint density at radius 1 is 0.538 bits per heavy atom. The lowest BCUT2D eigenvalue weighted by Gasteiger charge is -2.13. The number of nitrogens with zero attached hydrogens (tertiary/aromatic N) is 2. The third-order valence-electron chi connectivity index (χ3n) is 3.78. The molecule has 2 N–H and O–H groups in total. The normalized spacial score (nSPS) is 10.7. The Balaban J connectivity index is 1.75. The van der Waals surface area contributed by atoms with Gasteiger partial charge in [0.25, 0.3) is 0 Å². The first-order valence-corrected chi connectivity index (χ1v) is 8.75. The molecule has 0 bridgehead atoms. The van der Waals surface area contributed by atoms with Gasteiger partial charge in [-0.15, -0.1) is 0 Å². The fourth-order valence-corrected chi connectivity index (χ4v) is 2.77. The largest absolute Gasteiger partial charge is 0.337 e. The van der Waals surface area contributed by atoms with Crippen LogP contribution < -0.4 is 10.6 Å². The first kappa shape index (κ1) is 16.6. The molecule has 0 saturated heterocycles. The lowest BCUT2D eigenvalue weighted by atomic mass is 10.3. The van der Waals surface area contributed by atoms with Crippen LogP contribution in [0.15, 0.2) is 72.8 Å². The van der Waals surface area contributed by atoms with Gasteiger partial charge in [0.05, 0.1) is 11.0 Å². The predicted octanol–water partition coefficient (Wildman–Crippen LogP) is 6.42. The molecule has 0 radical (unpaired) electrons. The van der Waals surface area contributed by atoms with Crippen LogP contribution in [0.2, 0.25) is 10.0 Å². The molecule has 6 heteroatoms. The summed E-state index contributed by atoms with van der Waals surface area (Å²) in [4.78, 5) is 9.42. The lowest BCUT2D eigenvalue weighted by molar-refractivity contribution is 1.27. The summed E-state index contributed by atoms with van der Waals surface area (Å²) in [6, 6.07) is 22.6. The SMILES string of the molecule is Clc1ccc(Nc2nc3ccccc3nc2Nc2ccc(Cl)cc2)cc1. The number of hydrogen-bond donors (Lipinski definition) is 2. The van der Waals surface area contributed by atoms with Crippen molar-refractivity contribution in [1.82, 2.24) is 9.97 Å². The van der Waals surface area contributed by atoms with Crippen molar-refractivity contribution in [3.63, 3.8) is 0 Å². The fourth-order valence-electron chi connectivity index (χ4n) is 2.51. The molecule has 128 valence electrons. The van der Waals surface area contributed by atoms with Gasteiger partial charge in [0, 0.05) is 21.4 Å². The van der Waals surface area contributed by atoms with E-state index in [1.54, 1.807) is 0 Å². The van der Waals surface area contributed by atoms with Gasteiger partial charge in [-0.3, -0.25) is 0 Å². The van der Waals surface area contributed by atoms with Crippen molar-refractivity contribution in [3.8, 4) is 0 Å². The average molecular weight is 381 g/mol. The second-order valence-electron chi connectivity index (χ2n) is 5.67. The standard InChI is InChI=1S/C20H14Cl2N4/c21-13-5-9-15(10-6-13)23-19-20(24-16-11-7-14(22)8-12-16)26-18-4-2-1-3-17(18)25-19/h1-12H,(H,23,25)(H,24,26). The van der Waals surface area contributed by atoms with Crippen molar-refractivity contribution in [3.05, 3.63) is 82.8 Å². The highest BCUT2D eigenvalue weighted by atomic mass is 35.5. The number of fused-ring (bicyclic) bond motifs is 1. The maximum atomic E-state index is 5.97. The first-order chi connectivity index (χ1) is 12.7. The van der Waals surface area contributed by atoms with Gasteiger partial charge in [-0.2, -0.15) is 0 Å². The van der Waals surface area contributed by atoms with Crippen molar-refractivity contribution in [2.75, 3.05) is 10.6 Å². The zero-order chi connectivity index (χ0) is 17.9. The first-order valence-electron chi connectivity index (χ1n) is 7.99. The van der Waals surface area contributed by atoms with Crippen LogP contribution in [0.25, 0.3) is 11.0 Å². The zero-order valence-electron chi connectivity index (χ0n) is 13.6. The summed E-state index contributed by atoms with van der Waals surface area (Å²) < 4.78 is 0. The van der Waals surface area contributed by atoms with Crippen LogP contribution in [-0.2, 0) is 0 Å². The summed E-state index contributed by atoms with van der Waals surface area (Å²) in [5, 5.41) is 7.97. The van der Waals surface area contributed by atoms with Crippen molar-refractivity contribution in [1.29, 1.82) is 0 Å². The van der Waals surface area contributed by atoms with Crippen molar-refractivity contribution < 1.29 is 0 Å². The van der Waals surface area contributed by atoms with E-state index in [1.807, 2.05) is 72.8 Å². The summed E-state index contributed by atoms with van der Waals surface area (Å²) in [6.45, 7) is 0. The number of hydrogen-bond acceptors (Lipinski definition) is 4. The summed E-state index contributed by atoms with van der Waals surface area (Å²) in [7, 11) is 0. The molecule has 4 aromatic rings. The van der Waals surface area contributed by atoms with Gasteiger partial charge in [0.2, 0.25) is 0 Å². The topological polar surface area (TPSA) is 49.8 Å². The van der Waals surface area contributed by atoms with Crippen LogP contribution in [0.3, 0.4) is 0 Å². The minimum absolute atomic E-state index is 0.626. The van der Waals surface area contributed by atoms with Crippen LogP contribution in [0.5, 0.6) is 0 Å². The second-order valence-corrected chi connectivity index (χ2v) is 6.55. The van der Waals surface area contributed by atoms with Gasteiger partial charge in [-0.1, -0.05) is 35.3 Å². The maximum Gasteiger partial charge on any atom is 0.174 e.